The Morgan fingerprint density at radius 1 is 0.657 bits per heavy atom. The zero-order chi connectivity index (χ0) is 24.9. The van der Waals surface area contributed by atoms with Crippen LogP contribution in [0.4, 0.5) is 11.4 Å². The molecule has 0 saturated carbocycles. The quantitative estimate of drug-likeness (QED) is 0.340. The van der Waals surface area contributed by atoms with Gasteiger partial charge >= 0.3 is 0 Å². The molecule has 1 heterocycles. The van der Waals surface area contributed by atoms with Gasteiger partial charge in [-0.25, -0.2) is 4.98 Å². The summed E-state index contributed by atoms with van der Waals surface area (Å²) in [5.74, 6) is 0.868. The molecule has 1 aromatic heterocycles. The predicted molar refractivity (Wildman–Crippen MR) is 151 cm³/mol. The van der Waals surface area contributed by atoms with E-state index in [2.05, 4.69) is 147 Å². The van der Waals surface area contributed by atoms with E-state index in [4.69, 9.17) is 4.98 Å². The number of rotatable bonds is 8. The molecule has 4 rings (SSSR count). The van der Waals surface area contributed by atoms with Crippen molar-refractivity contribution in [2.45, 2.75) is 0 Å². The number of anilines is 2. The van der Waals surface area contributed by atoms with E-state index in [1.165, 1.54) is 16.9 Å². The van der Waals surface area contributed by atoms with Crippen LogP contribution < -0.4 is 9.80 Å². The fourth-order valence-corrected chi connectivity index (χ4v) is 3.92. The average Bonchev–Trinajstić information content (AvgIpc) is 3.30. The van der Waals surface area contributed by atoms with Gasteiger partial charge in [0.2, 0.25) is 0 Å². The van der Waals surface area contributed by atoms with Gasteiger partial charge in [0, 0.05) is 62.8 Å². The summed E-state index contributed by atoms with van der Waals surface area (Å²) in [6.07, 6.45) is 4.33. The number of hydrogen-bond acceptors (Lipinski definition) is 4. The van der Waals surface area contributed by atoms with Crippen LogP contribution in [0.1, 0.15) is 5.56 Å². The van der Waals surface area contributed by atoms with E-state index in [1.54, 1.807) is 0 Å². The maximum absolute atomic E-state index is 5.07. The second-order valence-electron chi connectivity index (χ2n) is 9.48. The third-order valence-corrected chi connectivity index (χ3v) is 6.00. The van der Waals surface area contributed by atoms with Crippen molar-refractivity contribution in [2.24, 2.45) is 0 Å². The lowest BCUT2D eigenvalue weighted by molar-refractivity contribution is 0.457. The van der Waals surface area contributed by atoms with Crippen LogP contribution in [0.3, 0.4) is 0 Å². The number of nitrogens with zero attached hydrogens (tertiary/aromatic N) is 4. The van der Waals surface area contributed by atoms with Crippen molar-refractivity contribution in [3.8, 4) is 33.9 Å². The van der Waals surface area contributed by atoms with Gasteiger partial charge in [0.15, 0.2) is 0 Å². The molecule has 0 fully saturated rings. The van der Waals surface area contributed by atoms with E-state index >= 15 is 0 Å². The summed E-state index contributed by atoms with van der Waals surface area (Å²) in [6, 6.07) is 25.7. The smallest absolute Gasteiger partial charge is 0.138 e. The van der Waals surface area contributed by atoms with E-state index in [0.29, 0.717) is 0 Å². The Morgan fingerprint density at radius 3 is 1.69 bits per heavy atom. The van der Waals surface area contributed by atoms with E-state index in [1.807, 2.05) is 0 Å². The standard InChI is InChI=1S/C30H35N5/c1-33(2)21-7-8-22-9-11-25(12-10-22)30-31-28(23-13-17-26(18-14-23)34(3)4)29(32-30)24-15-19-27(20-16-24)35(5)6/h7-20H,21H2,1-6H3,(H,31,32)/b8-7+. The van der Waals surface area contributed by atoms with Crippen molar-refractivity contribution in [3.05, 3.63) is 84.4 Å². The third kappa shape index (κ3) is 5.81. The van der Waals surface area contributed by atoms with Crippen molar-refractivity contribution in [1.29, 1.82) is 0 Å². The lowest BCUT2D eigenvalue weighted by Crippen LogP contribution is -2.10. The minimum atomic E-state index is 0.868. The Hall–Kier alpha value is -3.83. The number of likely N-dealkylation sites (N-methyl/N-ethyl adjacent to an activating group) is 1. The van der Waals surface area contributed by atoms with Gasteiger partial charge in [-0.05, 0) is 43.9 Å². The van der Waals surface area contributed by atoms with E-state index in [-0.39, 0.29) is 0 Å². The number of nitrogens with one attached hydrogen (secondary N) is 1. The van der Waals surface area contributed by atoms with Crippen LogP contribution in [-0.4, -0.2) is 63.7 Å². The highest BCUT2D eigenvalue weighted by atomic mass is 15.1. The van der Waals surface area contributed by atoms with Crippen molar-refractivity contribution < 1.29 is 0 Å². The first-order valence-corrected chi connectivity index (χ1v) is 11.9. The Labute approximate surface area is 209 Å². The van der Waals surface area contributed by atoms with Crippen LogP contribution in [0.15, 0.2) is 78.9 Å². The monoisotopic (exact) mass is 465 g/mol. The maximum Gasteiger partial charge on any atom is 0.138 e. The first-order chi connectivity index (χ1) is 16.8. The highest BCUT2D eigenvalue weighted by Gasteiger charge is 2.16. The summed E-state index contributed by atoms with van der Waals surface area (Å²) < 4.78 is 0. The van der Waals surface area contributed by atoms with Crippen LogP contribution in [0.2, 0.25) is 0 Å². The van der Waals surface area contributed by atoms with Crippen molar-refractivity contribution in [2.75, 3.05) is 58.6 Å². The highest BCUT2D eigenvalue weighted by Crippen LogP contribution is 2.34. The van der Waals surface area contributed by atoms with Crippen LogP contribution in [0.5, 0.6) is 0 Å². The Kier molecular flexibility index (Phi) is 7.37. The molecule has 0 unspecified atom stereocenters. The lowest BCUT2D eigenvalue weighted by atomic mass is 10.0. The van der Waals surface area contributed by atoms with Gasteiger partial charge in [-0.15, -0.1) is 0 Å². The Morgan fingerprint density at radius 2 is 1.17 bits per heavy atom. The largest absolute Gasteiger partial charge is 0.378 e. The molecule has 0 saturated heterocycles. The topological polar surface area (TPSA) is 38.4 Å². The molecule has 5 heteroatoms. The SMILES string of the molecule is CN(C)C/C=C/c1ccc(-c2nc(-c3ccc(N(C)C)cc3)c(-c3ccc(N(C)C)cc3)[nH]2)cc1. The fraction of sp³-hybridized carbons (Fsp3) is 0.233. The summed E-state index contributed by atoms with van der Waals surface area (Å²) in [5.41, 5.74) is 8.77. The van der Waals surface area contributed by atoms with Gasteiger partial charge in [-0.1, -0.05) is 60.7 Å². The zero-order valence-corrected chi connectivity index (χ0v) is 21.6. The highest BCUT2D eigenvalue weighted by molar-refractivity contribution is 5.82. The number of aromatic amines is 1. The molecular formula is C30H35N5. The summed E-state index contributed by atoms with van der Waals surface area (Å²) in [7, 11) is 12.4. The zero-order valence-electron chi connectivity index (χ0n) is 21.6. The molecule has 0 aliphatic heterocycles. The van der Waals surface area contributed by atoms with Crippen molar-refractivity contribution >= 4 is 17.5 Å². The average molecular weight is 466 g/mol. The van der Waals surface area contributed by atoms with E-state index in [0.717, 1.165) is 40.4 Å². The minimum absolute atomic E-state index is 0.868. The summed E-state index contributed by atoms with van der Waals surface area (Å²) in [5, 5.41) is 0. The Balaban J connectivity index is 1.72. The molecule has 0 atom stereocenters. The van der Waals surface area contributed by atoms with Gasteiger partial charge in [0.1, 0.15) is 5.82 Å². The predicted octanol–water partition coefficient (Wildman–Crippen LogP) is 6.12. The van der Waals surface area contributed by atoms with Crippen molar-refractivity contribution in [1.82, 2.24) is 14.9 Å². The molecule has 0 amide bonds. The Bertz CT molecular complexity index is 1190. The summed E-state index contributed by atoms with van der Waals surface area (Å²) in [6.45, 7) is 0.923. The molecule has 1 N–H and O–H groups in total. The number of aromatic nitrogens is 2. The van der Waals surface area contributed by atoms with Gasteiger partial charge in [-0.2, -0.15) is 0 Å². The van der Waals surface area contributed by atoms with Gasteiger partial charge < -0.3 is 19.7 Å². The first kappa shape index (κ1) is 24.3. The second-order valence-corrected chi connectivity index (χ2v) is 9.48. The third-order valence-electron chi connectivity index (χ3n) is 6.00. The summed E-state index contributed by atoms with van der Waals surface area (Å²) >= 11 is 0. The second kappa shape index (κ2) is 10.6. The normalized spacial score (nSPS) is 11.4. The molecule has 0 aliphatic rings. The van der Waals surface area contributed by atoms with Crippen LogP contribution in [-0.2, 0) is 0 Å². The molecule has 180 valence electrons. The minimum Gasteiger partial charge on any atom is -0.378 e. The first-order valence-electron chi connectivity index (χ1n) is 11.9. The molecule has 4 aromatic rings. The van der Waals surface area contributed by atoms with Crippen LogP contribution >= 0.6 is 0 Å². The fourth-order valence-electron chi connectivity index (χ4n) is 3.92. The molecule has 3 aromatic carbocycles. The number of hydrogen-bond donors (Lipinski definition) is 1. The number of H-pyrrole nitrogens is 1. The molecule has 0 radical (unpaired) electrons. The molecule has 5 nitrogen and oxygen atoms in total. The van der Waals surface area contributed by atoms with Gasteiger partial charge in [0.05, 0.1) is 11.4 Å². The number of imidazole rings is 1. The van der Waals surface area contributed by atoms with Crippen molar-refractivity contribution in [3.63, 3.8) is 0 Å². The molecular weight excluding hydrogens is 430 g/mol. The van der Waals surface area contributed by atoms with E-state index < -0.39 is 0 Å². The molecule has 0 bridgehead atoms. The molecule has 0 spiro atoms. The number of benzene rings is 3. The lowest BCUT2D eigenvalue weighted by Gasteiger charge is -2.13. The van der Waals surface area contributed by atoms with Crippen LogP contribution in [0, 0.1) is 0 Å². The van der Waals surface area contributed by atoms with Gasteiger partial charge in [0.25, 0.3) is 0 Å². The summed E-state index contributed by atoms with van der Waals surface area (Å²) in [4.78, 5) is 15.0. The van der Waals surface area contributed by atoms with Crippen LogP contribution in [0.25, 0.3) is 40.0 Å². The molecule has 35 heavy (non-hydrogen) atoms. The van der Waals surface area contributed by atoms with Gasteiger partial charge in [-0.3, -0.25) is 0 Å². The molecule has 0 aliphatic carbocycles. The van der Waals surface area contributed by atoms with E-state index in [9.17, 15) is 0 Å². The maximum atomic E-state index is 5.07.